The summed E-state index contributed by atoms with van der Waals surface area (Å²) in [4.78, 5) is 23.3. The van der Waals surface area contributed by atoms with Gasteiger partial charge in [-0.2, -0.15) is 0 Å². The van der Waals surface area contributed by atoms with E-state index in [4.69, 9.17) is 5.73 Å². The molecule has 0 atom stereocenters. The van der Waals surface area contributed by atoms with Crippen LogP contribution >= 0.6 is 11.8 Å². The fourth-order valence-corrected chi connectivity index (χ4v) is 3.37. The lowest BCUT2D eigenvalue weighted by molar-refractivity contribution is -0.119. The van der Waals surface area contributed by atoms with Crippen LogP contribution in [0.1, 0.15) is 37.2 Å². The molecule has 7 nitrogen and oxygen atoms in total. The maximum absolute atomic E-state index is 12.2. The van der Waals surface area contributed by atoms with Crippen molar-refractivity contribution in [3.8, 4) is 0 Å². The van der Waals surface area contributed by atoms with Crippen molar-refractivity contribution in [3.63, 3.8) is 0 Å². The number of hydrogen-bond donors (Lipinski definition) is 2. The first-order chi connectivity index (χ1) is 12.9. The second kappa shape index (κ2) is 10.1. The zero-order chi connectivity index (χ0) is 19.8. The molecule has 0 saturated carbocycles. The van der Waals surface area contributed by atoms with Crippen molar-refractivity contribution in [2.45, 2.75) is 51.9 Å². The van der Waals surface area contributed by atoms with Crippen LogP contribution in [-0.4, -0.2) is 32.3 Å². The van der Waals surface area contributed by atoms with E-state index >= 15 is 0 Å². The minimum atomic E-state index is -0.362. The summed E-state index contributed by atoms with van der Waals surface area (Å²) in [7, 11) is 0. The van der Waals surface area contributed by atoms with Gasteiger partial charge < -0.3 is 15.6 Å². The lowest BCUT2D eigenvalue weighted by Gasteiger charge is -2.12. The Morgan fingerprint density at radius 2 is 2.00 bits per heavy atom. The van der Waals surface area contributed by atoms with Crippen LogP contribution in [0.4, 0.5) is 0 Å². The van der Waals surface area contributed by atoms with E-state index in [0.29, 0.717) is 24.0 Å². The number of carbonyl (C=O) groups is 2. The maximum atomic E-state index is 12.2. The number of amides is 2. The summed E-state index contributed by atoms with van der Waals surface area (Å²) in [5, 5.41) is 12.0. The molecule has 8 heteroatoms. The van der Waals surface area contributed by atoms with Gasteiger partial charge in [0.15, 0.2) is 5.16 Å². The van der Waals surface area contributed by atoms with E-state index in [1.54, 1.807) is 0 Å². The van der Waals surface area contributed by atoms with Gasteiger partial charge in [-0.25, -0.2) is 0 Å². The largest absolute Gasteiger partial charge is 0.370 e. The molecule has 1 aromatic heterocycles. The number of carbonyl (C=O) groups excluding carboxylic acids is 2. The van der Waals surface area contributed by atoms with Crippen LogP contribution in [-0.2, 0) is 29.1 Å². The average Bonchev–Trinajstić information content (AvgIpc) is 2.98. The van der Waals surface area contributed by atoms with Crippen molar-refractivity contribution in [3.05, 3.63) is 41.2 Å². The van der Waals surface area contributed by atoms with Crippen LogP contribution in [0.25, 0.3) is 0 Å². The standard InChI is InChI=1S/C19H27N5O2S/c1-13(2)11-24-17(9-8-16(20)25)22-23-19(24)27-12-18(26)21-10-15-7-5-4-6-14(15)3/h4-7,13H,8-12H2,1-3H3,(H2,20,25)(H,21,26). The summed E-state index contributed by atoms with van der Waals surface area (Å²) in [5.41, 5.74) is 7.49. The number of rotatable bonds is 10. The van der Waals surface area contributed by atoms with Crippen molar-refractivity contribution in [1.29, 1.82) is 0 Å². The van der Waals surface area contributed by atoms with E-state index in [1.165, 1.54) is 11.8 Å². The highest BCUT2D eigenvalue weighted by Gasteiger charge is 2.16. The highest BCUT2D eigenvalue weighted by Crippen LogP contribution is 2.19. The van der Waals surface area contributed by atoms with Gasteiger partial charge >= 0.3 is 0 Å². The minimum absolute atomic E-state index is 0.0546. The molecule has 0 spiro atoms. The molecule has 0 aliphatic carbocycles. The fourth-order valence-electron chi connectivity index (χ4n) is 2.58. The van der Waals surface area contributed by atoms with Gasteiger partial charge in [-0.05, 0) is 24.0 Å². The highest BCUT2D eigenvalue weighted by molar-refractivity contribution is 7.99. The quantitative estimate of drug-likeness (QED) is 0.606. The van der Waals surface area contributed by atoms with Gasteiger partial charge in [0.1, 0.15) is 5.82 Å². The summed E-state index contributed by atoms with van der Waals surface area (Å²) in [5.74, 6) is 0.963. The lowest BCUT2D eigenvalue weighted by Crippen LogP contribution is -2.25. The predicted molar refractivity (Wildman–Crippen MR) is 106 cm³/mol. The highest BCUT2D eigenvalue weighted by atomic mass is 32.2. The predicted octanol–water partition coefficient (Wildman–Crippen LogP) is 2.07. The van der Waals surface area contributed by atoms with E-state index in [2.05, 4.69) is 29.4 Å². The van der Waals surface area contributed by atoms with Gasteiger partial charge in [-0.3, -0.25) is 9.59 Å². The van der Waals surface area contributed by atoms with Gasteiger partial charge in [0, 0.05) is 25.9 Å². The Hall–Kier alpha value is -2.35. The molecule has 0 radical (unpaired) electrons. The van der Waals surface area contributed by atoms with E-state index in [0.717, 1.165) is 23.5 Å². The van der Waals surface area contributed by atoms with Crippen molar-refractivity contribution in [2.75, 3.05) is 5.75 Å². The Bertz CT molecular complexity index is 788. The molecule has 0 fully saturated rings. The van der Waals surface area contributed by atoms with Crippen LogP contribution in [0.3, 0.4) is 0 Å². The van der Waals surface area contributed by atoms with Crippen LogP contribution in [0, 0.1) is 12.8 Å². The Labute approximate surface area is 164 Å². The van der Waals surface area contributed by atoms with Crippen LogP contribution in [0.15, 0.2) is 29.4 Å². The first kappa shape index (κ1) is 21.0. The molecule has 0 saturated heterocycles. The first-order valence-corrected chi connectivity index (χ1v) is 9.99. The summed E-state index contributed by atoms with van der Waals surface area (Å²) in [6.45, 7) is 7.46. The molecule has 2 rings (SSSR count). The summed E-state index contributed by atoms with van der Waals surface area (Å²) >= 11 is 1.35. The van der Waals surface area contributed by atoms with Crippen molar-refractivity contribution >= 4 is 23.6 Å². The Kier molecular flexibility index (Phi) is 7.84. The maximum Gasteiger partial charge on any atom is 0.230 e. The average molecular weight is 390 g/mol. The van der Waals surface area contributed by atoms with Crippen LogP contribution in [0.5, 0.6) is 0 Å². The van der Waals surface area contributed by atoms with Gasteiger partial charge in [-0.1, -0.05) is 49.9 Å². The number of nitrogens with zero attached hydrogens (tertiary/aromatic N) is 3. The molecular formula is C19H27N5O2S. The number of hydrogen-bond acceptors (Lipinski definition) is 5. The van der Waals surface area contributed by atoms with E-state index in [9.17, 15) is 9.59 Å². The molecular weight excluding hydrogens is 362 g/mol. The van der Waals surface area contributed by atoms with E-state index in [1.807, 2.05) is 35.8 Å². The molecule has 1 heterocycles. The molecule has 0 aliphatic heterocycles. The van der Waals surface area contributed by atoms with Crippen molar-refractivity contribution < 1.29 is 9.59 Å². The monoisotopic (exact) mass is 389 g/mol. The van der Waals surface area contributed by atoms with Gasteiger partial charge in [0.05, 0.1) is 5.75 Å². The minimum Gasteiger partial charge on any atom is -0.370 e. The summed E-state index contributed by atoms with van der Waals surface area (Å²) in [6, 6.07) is 7.98. The zero-order valence-corrected chi connectivity index (χ0v) is 16.9. The third-order valence-electron chi connectivity index (χ3n) is 4.01. The number of benzene rings is 1. The van der Waals surface area contributed by atoms with E-state index in [-0.39, 0.29) is 24.0 Å². The molecule has 0 unspecified atom stereocenters. The second-order valence-electron chi connectivity index (χ2n) is 6.86. The molecule has 2 amide bonds. The fraction of sp³-hybridized carbons (Fsp3) is 0.474. The number of thioether (sulfide) groups is 1. The number of nitrogens with two attached hydrogens (primary N) is 1. The Morgan fingerprint density at radius 1 is 1.26 bits per heavy atom. The number of aryl methyl sites for hydroxylation is 2. The molecule has 2 aromatic rings. The van der Waals surface area contributed by atoms with Crippen molar-refractivity contribution in [2.24, 2.45) is 11.7 Å². The van der Waals surface area contributed by atoms with Gasteiger partial charge in [-0.15, -0.1) is 10.2 Å². The summed E-state index contributed by atoms with van der Waals surface area (Å²) < 4.78 is 1.98. The number of primary amides is 1. The van der Waals surface area contributed by atoms with Crippen LogP contribution < -0.4 is 11.1 Å². The molecule has 1 aromatic carbocycles. The summed E-state index contributed by atoms with van der Waals surface area (Å²) in [6.07, 6.45) is 0.687. The zero-order valence-electron chi connectivity index (χ0n) is 16.1. The second-order valence-corrected chi connectivity index (χ2v) is 7.80. The molecule has 27 heavy (non-hydrogen) atoms. The molecule has 0 bridgehead atoms. The normalized spacial score (nSPS) is 11.0. The third kappa shape index (κ3) is 6.71. The smallest absolute Gasteiger partial charge is 0.230 e. The third-order valence-corrected chi connectivity index (χ3v) is 4.97. The Morgan fingerprint density at radius 3 is 2.67 bits per heavy atom. The van der Waals surface area contributed by atoms with Crippen LogP contribution in [0.2, 0.25) is 0 Å². The van der Waals surface area contributed by atoms with Gasteiger partial charge in [0.2, 0.25) is 11.8 Å². The topological polar surface area (TPSA) is 103 Å². The van der Waals surface area contributed by atoms with E-state index < -0.39 is 0 Å². The Balaban J connectivity index is 1.94. The molecule has 146 valence electrons. The molecule has 3 N–H and O–H groups in total. The molecule has 0 aliphatic rings. The van der Waals surface area contributed by atoms with Crippen molar-refractivity contribution in [1.82, 2.24) is 20.1 Å². The first-order valence-electron chi connectivity index (χ1n) is 9.01. The van der Waals surface area contributed by atoms with Gasteiger partial charge in [0.25, 0.3) is 0 Å². The number of aromatic nitrogens is 3. The number of nitrogens with one attached hydrogen (secondary N) is 1. The SMILES string of the molecule is Cc1ccccc1CNC(=O)CSc1nnc(CCC(N)=O)n1CC(C)C. The lowest BCUT2D eigenvalue weighted by atomic mass is 10.1.